The molecule has 0 radical (unpaired) electrons. The Morgan fingerprint density at radius 2 is 1.82 bits per heavy atom. The smallest absolute Gasteiger partial charge is 0.390 e. The number of hydrogen-bond acceptors (Lipinski definition) is 3. The average molecular weight is 382 g/mol. The molecule has 0 saturated carbocycles. The number of piperazine rings is 1. The van der Waals surface area contributed by atoms with Crippen LogP contribution in [0.25, 0.3) is 0 Å². The van der Waals surface area contributed by atoms with Gasteiger partial charge in [0.05, 0.1) is 6.42 Å². The number of benzene rings is 1. The second-order valence-electron chi connectivity index (χ2n) is 4.82. The molecular formula is C13H18Cl3F3N2O. The number of nitrogens with one attached hydrogen (secondary N) is 1. The van der Waals surface area contributed by atoms with Crippen molar-refractivity contribution in [2.45, 2.75) is 18.6 Å². The maximum Gasteiger partial charge on any atom is 0.390 e. The monoisotopic (exact) mass is 380 g/mol. The van der Waals surface area contributed by atoms with E-state index in [0.717, 1.165) is 0 Å². The fourth-order valence-corrected chi connectivity index (χ4v) is 2.62. The Balaban J connectivity index is 0.00000220. The summed E-state index contributed by atoms with van der Waals surface area (Å²) in [5.41, 5.74) is 0.233. The third-order valence-corrected chi connectivity index (χ3v) is 3.60. The molecule has 2 N–H and O–H groups in total. The van der Waals surface area contributed by atoms with E-state index in [0.29, 0.717) is 31.2 Å². The minimum absolute atomic E-state index is 0. The van der Waals surface area contributed by atoms with Crippen molar-refractivity contribution in [3.63, 3.8) is 0 Å². The molecule has 0 aliphatic carbocycles. The number of hydrogen-bond donors (Lipinski definition) is 2. The summed E-state index contributed by atoms with van der Waals surface area (Å²) in [6.07, 6.45) is -5.30. The second kappa shape index (κ2) is 9.03. The van der Waals surface area contributed by atoms with Gasteiger partial charge in [-0.25, -0.2) is 0 Å². The molecule has 2 rings (SSSR count). The average Bonchev–Trinajstić information content (AvgIpc) is 2.39. The molecule has 128 valence electrons. The Morgan fingerprint density at radius 1 is 1.23 bits per heavy atom. The van der Waals surface area contributed by atoms with Gasteiger partial charge in [0.15, 0.2) is 0 Å². The van der Waals surface area contributed by atoms with Crippen molar-refractivity contribution >= 4 is 36.4 Å². The quantitative estimate of drug-likeness (QED) is 0.836. The lowest BCUT2D eigenvalue weighted by Crippen LogP contribution is -2.46. The molecule has 22 heavy (non-hydrogen) atoms. The lowest BCUT2D eigenvalue weighted by molar-refractivity contribution is -0.148. The van der Waals surface area contributed by atoms with E-state index in [4.69, 9.17) is 11.6 Å². The van der Waals surface area contributed by atoms with E-state index in [1.807, 2.05) is 0 Å². The molecule has 1 atom stereocenters. The number of alkyl halides is 3. The third-order valence-electron chi connectivity index (χ3n) is 3.37. The normalized spacial score (nSPS) is 17.3. The number of aromatic hydroxyl groups is 1. The summed E-state index contributed by atoms with van der Waals surface area (Å²) in [6, 6.07) is 3.30. The lowest BCUT2D eigenvalue weighted by Gasteiger charge is -2.36. The van der Waals surface area contributed by atoms with E-state index >= 15 is 0 Å². The van der Waals surface area contributed by atoms with Crippen LogP contribution in [-0.4, -0.2) is 42.4 Å². The highest BCUT2D eigenvalue weighted by atomic mass is 35.5. The van der Waals surface area contributed by atoms with E-state index in [1.54, 1.807) is 4.90 Å². The minimum Gasteiger partial charge on any atom is -0.508 e. The minimum atomic E-state index is -4.30. The van der Waals surface area contributed by atoms with Crippen molar-refractivity contribution in [3.8, 4) is 5.75 Å². The van der Waals surface area contributed by atoms with E-state index in [2.05, 4.69) is 5.32 Å². The van der Waals surface area contributed by atoms with Crippen molar-refractivity contribution in [1.29, 1.82) is 0 Å². The van der Waals surface area contributed by atoms with Crippen LogP contribution >= 0.6 is 36.4 Å². The number of phenols is 1. The zero-order chi connectivity index (χ0) is 14.8. The van der Waals surface area contributed by atoms with Gasteiger partial charge in [0, 0.05) is 42.8 Å². The van der Waals surface area contributed by atoms with Crippen LogP contribution in [0.2, 0.25) is 5.02 Å². The van der Waals surface area contributed by atoms with Crippen LogP contribution in [0.5, 0.6) is 5.75 Å². The first-order valence-electron chi connectivity index (χ1n) is 6.37. The fourth-order valence-electron chi connectivity index (χ4n) is 2.44. The summed E-state index contributed by atoms with van der Waals surface area (Å²) in [6.45, 7) is 2.28. The molecule has 0 aromatic heterocycles. The molecule has 0 spiro atoms. The van der Waals surface area contributed by atoms with Gasteiger partial charge in [0.2, 0.25) is 0 Å². The van der Waals surface area contributed by atoms with Gasteiger partial charge in [-0.2, -0.15) is 13.2 Å². The van der Waals surface area contributed by atoms with Gasteiger partial charge in [0.1, 0.15) is 5.75 Å². The molecule has 1 fully saturated rings. The topological polar surface area (TPSA) is 35.5 Å². The second-order valence-corrected chi connectivity index (χ2v) is 5.26. The summed E-state index contributed by atoms with van der Waals surface area (Å²) < 4.78 is 38.5. The number of rotatable bonds is 3. The Labute approximate surface area is 144 Å². The Kier molecular flexibility index (Phi) is 8.87. The van der Waals surface area contributed by atoms with E-state index in [9.17, 15) is 18.3 Å². The van der Waals surface area contributed by atoms with Gasteiger partial charge in [-0.05, 0) is 18.2 Å². The molecule has 0 unspecified atom stereocenters. The predicted molar refractivity (Wildman–Crippen MR) is 85.5 cm³/mol. The maximum atomic E-state index is 12.8. The van der Waals surface area contributed by atoms with Crippen molar-refractivity contribution < 1.29 is 18.3 Å². The van der Waals surface area contributed by atoms with Crippen LogP contribution in [0.1, 0.15) is 18.0 Å². The number of halogens is 6. The van der Waals surface area contributed by atoms with Crippen LogP contribution in [0, 0.1) is 0 Å². The highest BCUT2D eigenvalue weighted by molar-refractivity contribution is 6.30. The van der Waals surface area contributed by atoms with Gasteiger partial charge in [-0.1, -0.05) is 11.6 Å². The Morgan fingerprint density at radius 3 is 2.36 bits per heavy atom. The standard InChI is InChI=1S/C13H16ClF3N2O.2ClH/c14-9-1-2-12(20)10(7-9)11(8-13(15,16)17)19-5-3-18-4-6-19;;/h1-2,7,11,18,20H,3-6,8H2;2*1H/t11-;;/m1../s1. The van der Waals surface area contributed by atoms with Crippen LogP contribution in [0.3, 0.4) is 0 Å². The van der Waals surface area contributed by atoms with E-state index in [1.165, 1.54) is 18.2 Å². The van der Waals surface area contributed by atoms with E-state index < -0.39 is 18.6 Å². The molecular weight excluding hydrogens is 364 g/mol. The van der Waals surface area contributed by atoms with Crippen LogP contribution in [-0.2, 0) is 0 Å². The third kappa shape index (κ3) is 6.01. The van der Waals surface area contributed by atoms with Crippen LogP contribution < -0.4 is 5.32 Å². The zero-order valence-corrected chi connectivity index (χ0v) is 14.0. The first-order valence-corrected chi connectivity index (χ1v) is 6.74. The van der Waals surface area contributed by atoms with E-state index in [-0.39, 0.29) is 36.1 Å². The highest BCUT2D eigenvalue weighted by Gasteiger charge is 2.37. The van der Waals surface area contributed by atoms with Crippen molar-refractivity contribution in [2.75, 3.05) is 26.2 Å². The first-order chi connectivity index (χ1) is 9.37. The summed E-state index contributed by atoms with van der Waals surface area (Å²) in [4.78, 5) is 1.73. The molecule has 0 bridgehead atoms. The number of nitrogens with zero attached hydrogens (tertiary/aromatic N) is 1. The van der Waals surface area contributed by atoms with Gasteiger partial charge in [0.25, 0.3) is 0 Å². The summed E-state index contributed by atoms with van der Waals surface area (Å²) in [5.74, 6) is -0.151. The molecule has 1 aliphatic heterocycles. The van der Waals surface area contributed by atoms with Gasteiger partial charge >= 0.3 is 6.18 Å². The maximum absolute atomic E-state index is 12.8. The zero-order valence-electron chi connectivity index (χ0n) is 11.6. The summed E-state index contributed by atoms with van der Waals surface area (Å²) in [7, 11) is 0. The molecule has 0 amide bonds. The fraction of sp³-hybridized carbons (Fsp3) is 0.538. The molecule has 9 heteroatoms. The van der Waals surface area contributed by atoms with Crippen molar-refractivity contribution in [3.05, 3.63) is 28.8 Å². The van der Waals surface area contributed by atoms with Gasteiger partial charge in [-0.15, -0.1) is 24.8 Å². The molecule has 3 nitrogen and oxygen atoms in total. The van der Waals surface area contributed by atoms with Crippen LogP contribution in [0.4, 0.5) is 13.2 Å². The molecule has 1 aliphatic rings. The lowest BCUT2D eigenvalue weighted by atomic mass is 10.00. The predicted octanol–water partition coefficient (Wildman–Crippen LogP) is 3.79. The Hall–Kier alpha value is -0.400. The van der Waals surface area contributed by atoms with Gasteiger partial charge < -0.3 is 10.4 Å². The van der Waals surface area contributed by atoms with Crippen molar-refractivity contribution in [1.82, 2.24) is 10.2 Å². The molecule has 1 saturated heterocycles. The molecule has 1 aromatic rings. The van der Waals surface area contributed by atoms with Crippen molar-refractivity contribution in [2.24, 2.45) is 0 Å². The van der Waals surface area contributed by atoms with Gasteiger partial charge in [-0.3, -0.25) is 4.90 Å². The Bertz CT molecular complexity index is 468. The first kappa shape index (κ1) is 21.6. The largest absolute Gasteiger partial charge is 0.508 e. The SMILES string of the molecule is Cl.Cl.Oc1ccc(Cl)cc1[C@@H](CC(F)(F)F)N1CCNCC1. The van der Waals surface area contributed by atoms with Crippen LogP contribution in [0.15, 0.2) is 18.2 Å². The highest BCUT2D eigenvalue weighted by Crippen LogP contribution is 2.38. The molecule has 1 heterocycles. The summed E-state index contributed by atoms with van der Waals surface area (Å²) in [5, 5.41) is 13.3. The molecule has 1 aromatic carbocycles. The number of phenolic OH excluding ortho intramolecular Hbond substituents is 1. The summed E-state index contributed by atoms with van der Waals surface area (Å²) >= 11 is 5.85.